The summed E-state index contributed by atoms with van der Waals surface area (Å²) in [7, 11) is 0.750. The summed E-state index contributed by atoms with van der Waals surface area (Å²) in [6.07, 6.45) is 11.9. The minimum atomic E-state index is -0.250. The average Bonchev–Trinajstić information content (AvgIpc) is 2.88. The summed E-state index contributed by atoms with van der Waals surface area (Å²) in [6, 6.07) is 4.44. The van der Waals surface area contributed by atoms with Crippen molar-refractivity contribution in [1.82, 2.24) is 0 Å². The molecule has 0 fully saturated rings. The molecule has 0 aliphatic heterocycles. The van der Waals surface area contributed by atoms with Crippen molar-refractivity contribution in [1.29, 1.82) is 0 Å². The number of fused-ring (bicyclic) bond motifs is 2. The van der Waals surface area contributed by atoms with Gasteiger partial charge in [-0.2, -0.15) is 11.6 Å². The van der Waals surface area contributed by atoms with E-state index in [9.17, 15) is 0 Å². The van der Waals surface area contributed by atoms with Gasteiger partial charge in [0, 0.05) is 9.52 Å². The quantitative estimate of drug-likeness (QED) is 0.338. The van der Waals surface area contributed by atoms with Crippen LogP contribution in [-0.4, -0.2) is 15.1 Å². The fourth-order valence-electron chi connectivity index (χ4n) is 1.90. The normalized spacial score (nSPS) is 11.9. The molecule has 0 bridgehead atoms. The van der Waals surface area contributed by atoms with Crippen LogP contribution in [0.4, 0.5) is 0 Å². The zero-order chi connectivity index (χ0) is 16.0. The molecular weight excluding hydrogens is 389 g/mol. The minimum absolute atomic E-state index is 0. The number of hydrogen-bond acceptors (Lipinski definition) is 0. The second kappa shape index (κ2) is 13.2. The van der Waals surface area contributed by atoms with E-state index in [-0.39, 0.29) is 52.1 Å². The van der Waals surface area contributed by atoms with E-state index in [0.717, 1.165) is 9.52 Å². The molecular formula is C19H26Cl2NSiTi. The molecule has 0 heterocycles. The molecule has 5 heteroatoms. The van der Waals surface area contributed by atoms with Gasteiger partial charge in [-0.25, -0.2) is 0 Å². The van der Waals surface area contributed by atoms with Crippen LogP contribution < -0.4 is 35.3 Å². The van der Waals surface area contributed by atoms with Crippen LogP contribution in [0.2, 0.25) is 13.1 Å². The van der Waals surface area contributed by atoms with E-state index in [2.05, 4.69) is 62.5 Å². The predicted octanol–water partition coefficient (Wildman–Crippen LogP) is -2.25. The van der Waals surface area contributed by atoms with Crippen molar-refractivity contribution < 1.29 is 46.5 Å². The standard InChI is InChI=1S/C13H9.C4H10N.C2H7Si.2ClH.Ti/c1-9-5-12-7-10-3-2-4-11(10)8-13(12)6-9;1-4(2,3)5;1-3-2;;;/h2-5,7-8H,1H3;5H,1-3H3;3H,1-2H3;2*1H;/q2*-1;;;;+4/p-2. The van der Waals surface area contributed by atoms with Gasteiger partial charge >= 0.3 is 21.7 Å². The smallest absolute Gasteiger partial charge is 1.00 e. The first kappa shape index (κ1) is 28.7. The number of nitrogens with one attached hydrogen (secondary N) is 1. The Morgan fingerprint density at radius 1 is 1.04 bits per heavy atom. The number of allylic oxidation sites excluding steroid dienone is 2. The maximum Gasteiger partial charge on any atom is 4.00 e. The van der Waals surface area contributed by atoms with E-state index >= 15 is 0 Å². The maximum absolute atomic E-state index is 6.94. The van der Waals surface area contributed by atoms with Crippen molar-refractivity contribution in [3.63, 3.8) is 0 Å². The molecule has 2 aliphatic rings. The zero-order valence-electron chi connectivity index (χ0n) is 15.3. The second-order valence-electron chi connectivity index (χ2n) is 6.37. The third kappa shape index (κ3) is 10.7. The first-order valence-electron chi connectivity index (χ1n) is 7.38. The van der Waals surface area contributed by atoms with Crippen molar-refractivity contribution in [3.05, 3.63) is 57.2 Å². The van der Waals surface area contributed by atoms with Crippen molar-refractivity contribution in [2.45, 2.75) is 46.3 Å². The Balaban J connectivity index is -0.000000351. The van der Waals surface area contributed by atoms with Crippen molar-refractivity contribution in [2.75, 3.05) is 0 Å². The van der Waals surface area contributed by atoms with Gasteiger partial charge < -0.3 is 30.5 Å². The van der Waals surface area contributed by atoms with Gasteiger partial charge in [0.05, 0.1) is 0 Å². The fraction of sp³-hybridized carbons (Fsp3) is 0.368. The van der Waals surface area contributed by atoms with Gasteiger partial charge in [-0.15, -0.1) is 28.5 Å². The summed E-state index contributed by atoms with van der Waals surface area (Å²) in [5.74, 6) is 0. The van der Waals surface area contributed by atoms with Crippen molar-refractivity contribution in [3.8, 4) is 0 Å². The molecule has 1 aromatic rings. The van der Waals surface area contributed by atoms with Gasteiger partial charge in [0.15, 0.2) is 0 Å². The summed E-state index contributed by atoms with van der Waals surface area (Å²) >= 11 is 0. The molecule has 0 amide bonds. The Morgan fingerprint density at radius 3 is 2.04 bits per heavy atom. The molecule has 24 heavy (non-hydrogen) atoms. The van der Waals surface area contributed by atoms with Crippen LogP contribution in [-0.2, 0) is 21.7 Å². The summed E-state index contributed by atoms with van der Waals surface area (Å²) in [4.78, 5) is 0. The van der Waals surface area contributed by atoms with E-state index in [1.807, 2.05) is 20.8 Å². The Bertz CT molecular complexity index is 668. The molecule has 0 aromatic heterocycles. The Labute approximate surface area is 177 Å². The van der Waals surface area contributed by atoms with Crippen LogP contribution in [0.5, 0.6) is 0 Å². The summed E-state index contributed by atoms with van der Waals surface area (Å²) in [5.41, 5.74) is 10.5. The summed E-state index contributed by atoms with van der Waals surface area (Å²) in [5, 5.41) is 2.62. The Morgan fingerprint density at radius 2 is 1.54 bits per heavy atom. The third-order valence-corrected chi connectivity index (χ3v) is 2.51. The third-order valence-electron chi connectivity index (χ3n) is 2.51. The number of benzene rings is 1. The number of halogens is 2. The van der Waals surface area contributed by atoms with Crippen LogP contribution >= 0.6 is 0 Å². The fourth-order valence-corrected chi connectivity index (χ4v) is 1.90. The van der Waals surface area contributed by atoms with Crippen molar-refractivity contribution in [2.24, 2.45) is 0 Å². The number of hydrogen-bond donors (Lipinski definition) is 0. The average molecular weight is 415 g/mol. The van der Waals surface area contributed by atoms with Gasteiger partial charge in [-0.05, 0) is 5.56 Å². The van der Waals surface area contributed by atoms with Gasteiger partial charge in [-0.1, -0.05) is 70.3 Å². The van der Waals surface area contributed by atoms with Gasteiger partial charge in [0.1, 0.15) is 0 Å². The molecule has 0 saturated carbocycles. The molecule has 1 nitrogen and oxygen atoms in total. The predicted molar refractivity (Wildman–Crippen MR) is 98.1 cm³/mol. The van der Waals surface area contributed by atoms with Gasteiger partial charge in [0.2, 0.25) is 0 Å². The van der Waals surface area contributed by atoms with Gasteiger partial charge in [-0.3, -0.25) is 0 Å². The van der Waals surface area contributed by atoms with Crippen LogP contribution in [0.25, 0.3) is 24.0 Å². The number of rotatable bonds is 0. The van der Waals surface area contributed by atoms with E-state index in [4.69, 9.17) is 5.73 Å². The van der Waals surface area contributed by atoms with E-state index in [1.54, 1.807) is 0 Å². The molecule has 1 aromatic carbocycles. The largest absolute Gasteiger partial charge is 4.00 e. The zero-order valence-corrected chi connectivity index (χ0v) is 19.5. The minimum Gasteiger partial charge on any atom is -1.00 e. The SMILES string of the molecule is CC(C)(C)[NH-].CC1=[C-]c2cc3c(cc2=C1)C=CC=3.C[SiH]C.[Cl-].[Cl-].[Ti+4]. The molecule has 0 unspecified atom stereocenters. The van der Waals surface area contributed by atoms with Crippen LogP contribution in [0.1, 0.15) is 38.8 Å². The Hall–Kier alpha value is -0.0888. The molecule has 129 valence electrons. The molecule has 0 saturated heterocycles. The van der Waals surface area contributed by atoms with Crippen molar-refractivity contribution >= 4 is 27.7 Å². The van der Waals surface area contributed by atoms with E-state index in [1.165, 1.54) is 27.1 Å². The van der Waals surface area contributed by atoms with Crippen LogP contribution in [0.15, 0.2) is 23.8 Å². The first-order chi connectivity index (χ1) is 9.74. The topological polar surface area (TPSA) is 23.8 Å². The summed E-state index contributed by atoms with van der Waals surface area (Å²) < 4.78 is 0. The second-order valence-corrected chi connectivity index (χ2v) is 7.53. The van der Waals surface area contributed by atoms with Crippen LogP contribution in [0.3, 0.4) is 0 Å². The van der Waals surface area contributed by atoms with E-state index < -0.39 is 0 Å². The first-order valence-corrected chi connectivity index (χ1v) is 9.69. The monoisotopic (exact) mass is 414 g/mol. The Kier molecular flexibility index (Phi) is 15.7. The molecule has 2 aliphatic carbocycles. The molecule has 3 rings (SSSR count). The molecule has 0 spiro atoms. The molecule has 0 atom stereocenters. The molecule has 1 N–H and O–H groups in total. The maximum atomic E-state index is 6.94. The summed E-state index contributed by atoms with van der Waals surface area (Å²) in [6.45, 7) is 12.1. The van der Waals surface area contributed by atoms with Gasteiger partial charge in [0.25, 0.3) is 0 Å². The van der Waals surface area contributed by atoms with Crippen LogP contribution in [0, 0.1) is 6.08 Å². The van der Waals surface area contributed by atoms with E-state index in [0.29, 0.717) is 0 Å². The molecule has 1 radical (unpaired) electrons.